The normalized spacial score (nSPS) is 11.5. The average molecular weight is 287 g/mol. The van der Waals surface area contributed by atoms with E-state index in [1.165, 1.54) is 13.2 Å². The molecule has 0 saturated heterocycles. The fourth-order valence-corrected chi connectivity index (χ4v) is 2.26. The third kappa shape index (κ3) is 3.81. The maximum absolute atomic E-state index is 13.0. The predicted molar refractivity (Wildman–Crippen MR) is 61.3 cm³/mol. The summed E-state index contributed by atoms with van der Waals surface area (Å²) >= 11 is 5.74. The first-order chi connectivity index (χ1) is 7.33. The van der Waals surface area contributed by atoms with Gasteiger partial charge in [-0.05, 0) is 24.1 Å². The molecule has 1 rings (SSSR count). The van der Waals surface area contributed by atoms with E-state index in [4.69, 9.17) is 27.0 Å². The van der Waals surface area contributed by atoms with Gasteiger partial charge < -0.3 is 4.74 Å². The van der Waals surface area contributed by atoms with Crippen LogP contribution in [0.1, 0.15) is 5.56 Å². The molecule has 0 N–H and O–H groups in total. The van der Waals surface area contributed by atoms with Gasteiger partial charge in [0.2, 0.25) is 9.05 Å². The fraction of sp³-hybridized carbons (Fsp3) is 0.333. The molecule has 0 radical (unpaired) electrons. The lowest BCUT2D eigenvalue weighted by molar-refractivity contribution is 0.409. The van der Waals surface area contributed by atoms with Crippen molar-refractivity contribution in [2.24, 2.45) is 0 Å². The Morgan fingerprint density at radius 2 is 2.06 bits per heavy atom. The molecule has 0 aromatic heterocycles. The zero-order valence-corrected chi connectivity index (χ0v) is 10.7. The lowest BCUT2D eigenvalue weighted by Crippen LogP contribution is -2.03. The summed E-state index contributed by atoms with van der Waals surface area (Å²) in [5.74, 6) is -0.582. The number of rotatable bonds is 4. The molecule has 16 heavy (non-hydrogen) atoms. The van der Waals surface area contributed by atoms with E-state index in [0.717, 1.165) is 6.07 Å². The molecule has 7 heteroatoms. The molecule has 1 aromatic rings. The zero-order valence-electron chi connectivity index (χ0n) is 8.34. The predicted octanol–water partition coefficient (Wildman–Crippen LogP) is 2.60. The number of methoxy groups -OCH3 is 1. The van der Waals surface area contributed by atoms with E-state index in [1.54, 1.807) is 0 Å². The monoisotopic (exact) mass is 286 g/mol. The summed E-state index contributed by atoms with van der Waals surface area (Å²) in [6.07, 6.45) is 0.0481. The highest BCUT2D eigenvalue weighted by Gasteiger charge is 2.13. The maximum Gasteiger partial charge on any atom is 0.232 e. The number of hydrogen-bond donors (Lipinski definition) is 0. The largest absolute Gasteiger partial charge is 0.495 e. The quantitative estimate of drug-likeness (QED) is 0.799. The van der Waals surface area contributed by atoms with Gasteiger partial charge in [0.15, 0.2) is 0 Å². The van der Waals surface area contributed by atoms with Gasteiger partial charge in [-0.25, -0.2) is 12.8 Å². The van der Waals surface area contributed by atoms with E-state index in [9.17, 15) is 12.8 Å². The van der Waals surface area contributed by atoms with Crippen LogP contribution >= 0.6 is 22.3 Å². The molecule has 90 valence electrons. The molecule has 0 bridgehead atoms. The van der Waals surface area contributed by atoms with Crippen LogP contribution < -0.4 is 4.74 Å². The highest BCUT2D eigenvalue weighted by atomic mass is 35.7. The summed E-state index contributed by atoms with van der Waals surface area (Å²) in [7, 11) is 2.81. The van der Waals surface area contributed by atoms with Crippen LogP contribution in [0.2, 0.25) is 5.02 Å². The van der Waals surface area contributed by atoms with Crippen LogP contribution in [0.3, 0.4) is 0 Å². The van der Waals surface area contributed by atoms with E-state index >= 15 is 0 Å². The Morgan fingerprint density at radius 1 is 1.44 bits per heavy atom. The molecule has 0 unspecified atom stereocenters. The summed E-state index contributed by atoms with van der Waals surface area (Å²) in [5, 5.41) is 0.101. The van der Waals surface area contributed by atoms with Gasteiger partial charge in [0.1, 0.15) is 11.6 Å². The summed E-state index contributed by atoms with van der Waals surface area (Å²) in [6.45, 7) is 0. The van der Waals surface area contributed by atoms with Crippen LogP contribution in [0.15, 0.2) is 12.1 Å². The molecule has 1 aromatic carbocycles. The minimum absolute atomic E-state index is 0.0481. The van der Waals surface area contributed by atoms with Crippen molar-refractivity contribution in [3.05, 3.63) is 28.5 Å². The summed E-state index contributed by atoms with van der Waals surface area (Å²) in [5.41, 5.74) is 0.372. The van der Waals surface area contributed by atoms with Crippen LogP contribution in [0.4, 0.5) is 4.39 Å². The third-order valence-corrected chi connectivity index (χ3v) is 3.34. The Balaban J connectivity index is 3.03. The molecular weight excluding hydrogens is 278 g/mol. The van der Waals surface area contributed by atoms with Crippen molar-refractivity contribution in [2.75, 3.05) is 12.9 Å². The SMILES string of the molecule is COc1c(Cl)cc(F)cc1CCS(=O)(=O)Cl. The first-order valence-electron chi connectivity index (χ1n) is 4.27. The van der Waals surface area contributed by atoms with E-state index in [2.05, 4.69) is 0 Å². The Kier molecular flexibility index (Phi) is 4.41. The van der Waals surface area contributed by atoms with Crippen LogP contribution in [-0.2, 0) is 15.5 Å². The smallest absolute Gasteiger partial charge is 0.232 e. The molecule has 0 heterocycles. The van der Waals surface area contributed by atoms with Crippen LogP contribution in [0.25, 0.3) is 0 Å². The van der Waals surface area contributed by atoms with Gasteiger partial charge in [-0.2, -0.15) is 0 Å². The summed E-state index contributed by atoms with van der Waals surface area (Å²) in [4.78, 5) is 0. The van der Waals surface area contributed by atoms with Crippen LogP contribution in [-0.4, -0.2) is 21.3 Å². The first-order valence-corrected chi connectivity index (χ1v) is 7.13. The average Bonchev–Trinajstić information content (AvgIpc) is 2.12. The number of benzene rings is 1. The van der Waals surface area contributed by atoms with Crippen molar-refractivity contribution >= 4 is 31.3 Å². The number of halogens is 3. The second-order valence-corrected chi connectivity index (χ2v) is 6.38. The van der Waals surface area contributed by atoms with Gasteiger partial charge in [0, 0.05) is 10.7 Å². The second kappa shape index (κ2) is 5.21. The molecule has 0 amide bonds. The number of aryl methyl sites for hydroxylation is 1. The molecule has 3 nitrogen and oxygen atoms in total. The fourth-order valence-electron chi connectivity index (χ4n) is 1.26. The summed E-state index contributed by atoms with van der Waals surface area (Å²) in [6, 6.07) is 2.27. The Morgan fingerprint density at radius 3 is 2.56 bits per heavy atom. The Bertz CT molecular complexity index is 488. The topological polar surface area (TPSA) is 43.4 Å². The molecule has 0 aliphatic heterocycles. The molecule has 0 aliphatic rings. The van der Waals surface area contributed by atoms with Crippen molar-refractivity contribution in [2.45, 2.75) is 6.42 Å². The highest BCUT2D eigenvalue weighted by Crippen LogP contribution is 2.30. The Hall–Kier alpha value is -0.520. The minimum Gasteiger partial charge on any atom is -0.495 e. The van der Waals surface area contributed by atoms with Crippen LogP contribution in [0, 0.1) is 5.82 Å². The number of hydrogen-bond acceptors (Lipinski definition) is 3. The molecule has 0 spiro atoms. The standard InChI is InChI=1S/C9H9Cl2FO3S/c1-15-9-6(2-3-16(11,13)14)4-7(12)5-8(9)10/h4-5H,2-3H2,1H3. The van der Waals surface area contributed by atoms with Crippen molar-refractivity contribution in [3.8, 4) is 5.75 Å². The molecule has 0 atom stereocenters. The summed E-state index contributed by atoms with van der Waals surface area (Å²) < 4.78 is 39.5. The van der Waals surface area contributed by atoms with Gasteiger partial charge >= 0.3 is 0 Å². The first kappa shape index (κ1) is 13.5. The van der Waals surface area contributed by atoms with E-state index < -0.39 is 14.9 Å². The maximum atomic E-state index is 13.0. The second-order valence-electron chi connectivity index (χ2n) is 3.07. The zero-order chi connectivity index (χ0) is 12.3. The van der Waals surface area contributed by atoms with Gasteiger partial charge in [-0.15, -0.1) is 0 Å². The van der Waals surface area contributed by atoms with E-state index in [0.29, 0.717) is 5.56 Å². The van der Waals surface area contributed by atoms with Crippen LogP contribution in [0.5, 0.6) is 5.75 Å². The molecule has 0 fully saturated rings. The lowest BCUT2D eigenvalue weighted by Gasteiger charge is -2.09. The van der Waals surface area contributed by atoms with Gasteiger partial charge in [-0.1, -0.05) is 11.6 Å². The van der Waals surface area contributed by atoms with E-state index in [-0.39, 0.29) is 22.9 Å². The van der Waals surface area contributed by atoms with Gasteiger partial charge in [0.05, 0.1) is 17.9 Å². The van der Waals surface area contributed by atoms with Crippen molar-refractivity contribution in [3.63, 3.8) is 0 Å². The Labute approximate surface area is 103 Å². The molecule has 0 aliphatic carbocycles. The highest BCUT2D eigenvalue weighted by molar-refractivity contribution is 8.13. The minimum atomic E-state index is -3.62. The third-order valence-electron chi connectivity index (χ3n) is 1.90. The van der Waals surface area contributed by atoms with Crippen molar-refractivity contribution < 1.29 is 17.5 Å². The molecule has 0 saturated carbocycles. The van der Waals surface area contributed by atoms with Gasteiger partial charge in [-0.3, -0.25) is 0 Å². The molecular formula is C9H9Cl2FO3S. The van der Waals surface area contributed by atoms with Crippen molar-refractivity contribution in [1.29, 1.82) is 0 Å². The van der Waals surface area contributed by atoms with Crippen molar-refractivity contribution in [1.82, 2.24) is 0 Å². The van der Waals surface area contributed by atoms with Gasteiger partial charge in [0.25, 0.3) is 0 Å². The lowest BCUT2D eigenvalue weighted by atomic mass is 10.1. The number of ether oxygens (including phenoxy) is 1. The van der Waals surface area contributed by atoms with E-state index in [1.807, 2.05) is 0 Å².